The summed E-state index contributed by atoms with van der Waals surface area (Å²) in [4.78, 5) is 12.5. The Morgan fingerprint density at radius 3 is 2.43 bits per heavy atom. The van der Waals surface area contributed by atoms with Gasteiger partial charge in [0.2, 0.25) is 0 Å². The number of hydrogen-bond donors (Lipinski definition) is 0. The maximum atomic E-state index is 13.4. The van der Waals surface area contributed by atoms with Gasteiger partial charge in [-0.25, -0.2) is 9.18 Å². The van der Waals surface area contributed by atoms with Gasteiger partial charge in [0.05, 0.1) is 17.6 Å². The molecule has 1 aromatic heterocycles. The summed E-state index contributed by atoms with van der Waals surface area (Å²) in [5.41, 5.74) is 2.18. The lowest BCUT2D eigenvalue weighted by Gasteiger charge is -2.06. The monoisotopic (exact) mass is 304 g/mol. The number of halogens is 2. The fourth-order valence-corrected chi connectivity index (χ4v) is 2.74. The van der Waals surface area contributed by atoms with Crippen molar-refractivity contribution in [3.8, 4) is 0 Å². The van der Waals surface area contributed by atoms with Crippen LogP contribution in [0, 0.1) is 5.82 Å². The van der Waals surface area contributed by atoms with E-state index in [0.717, 1.165) is 11.0 Å². The fourth-order valence-electron chi connectivity index (χ4n) is 2.57. The van der Waals surface area contributed by atoms with E-state index < -0.39 is 0 Å². The van der Waals surface area contributed by atoms with E-state index in [0.29, 0.717) is 17.1 Å². The van der Waals surface area contributed by atoms with Crippen molar-refractivity contribution in [3.63, 3.8) is 0 Å². The molecular weight excluding hydrogens is 291 g/mol. The lowest BCUT2D eigenvalue weighted by Crippen LogP contribution is -2.24. The fraction of sp³-hybridized carbons (Fsp3) is 0.188. The van der Waals surface area contributed by atoms with Gasteiger partial charge in [-0.1, -0.05) is 23.7 Å². The quantitative estimate of drug-likeness (QED) is 0.725. The standard InChI is InChI=1S/C16H14ClFN2O/c1-2-19-14-5-3-4-6-15(14)20(16(19)21)10-11-9-12(18)7-8-13(11)17/h3-9H,2,10H2,1H3. The second kappa shape index (κ2) is 5.37. The molecule has 0 amide bonds. The molecule has 0 aliphatic heterocycles. The van der Waals surface area contributed by atoms with Crippen LogP contribution in [0.5, 0.6) is 0 Å². The first-order valence-corrected chi connectivity index (χ1v) is 7.11. The van der Waals surface area contributed by atoms with Crippen LogP contribution in [0.3, 0.4) is 0 Å². The van der Waals surface area contributed by atoms with Crippen molar-refractivity contribution < 1.29 is 4.39 Å². The number of rotatable bonds is 3. The first-order valence-electron chi connectivity index (χ1n) is 6.74. The van der Waals surface area contributed by atoms with E-state index >= 15 is 0 Å². The molecule has 0 radical (unpaired) electrons. The summed E-state index contributed by atoms with van der Waals surface area (Å²) in [6.45, 7) is 2.76. The zero-order chi connectivity index (χ0) is 15.0. The Morgan fingerprint density at radius 1 is 1.10 bits per heavy atom. The Kier molecular flexibility index (Phi) is 3.55. The number of imidazole rings is 1. The average Bonchev–Trinajstić information content (AvgIpc) is 2.75. The van der Waals surface area contributed by atoms with E-state index in [9.17, 15) is 9.18 Å². The van der Waals surface area contributed by atoms with Gasteiger partial charge < -0.3 is 0 Å². The van der Waals surface area contributed by atoms with Crippen molar-refractivity contribution in [2.24, 2.45) is 0 Å². The third-order valence-electron chi connectivity index (χ3n) is 3.58. The molecule has 2 aromatic carbocycles. The average molecular weight is 305 g/mol. The first-order chi connectivity index (χ1) is 10.1. The molecule has 0 bridgehead atoms. The number of nitrogens with zero attached hydrogens (tertiary/aromatic N) is 2. The molecule has 0 fully saturated rings. The topological polar surface area (TPSA) is 26.9 Å². The molecule has 108 valence electrons. The van der Waals surface area contributed by atoms with Gasteiger partial charge in [0.25, 0.3) is 0 Å². The molecule has 3 aromatic rings. The minimum atomic E-state index is -0.360. The SMILES string of the molecule is CCn1c(=O)n(Cc2cc(F)ccc2Cl)c2ccccc21. The Hall–Kier alpha value is -2.07. The summed E-state index contributed by atoms with van der Waals surface area (Å²) in [6.07, 6.45) is 0. The Balaban J connectivity index is 2.19. The van der Waals surface area contributed by atoms with Crippen LogP contribution in [0.15, 0.2) is 47.3 Å². The number of aromatic nitrogens is 2. The minimum absolute atomic E-state index is 0.112. The van der Waals surface area contributed by atoms with Crippen molar-refractivity contribution in [2.75, 3.05) is 0 Å². The molecule has 5 heteroatoms. The normalized spacial score (nSPS) is 11.2. The first kappa shape index (κ1) is 13.9. The van der Waals surface area contributed by atoms with Gasteiger partial charge in [-0.3, -0.25) is 9.13 Å². The lowest BCUT2D eigenvalue weighted by molar-refractivity contribution is 0.622. The van der Waals surface area contributed by atoms with Gasteiger partial charge in [-0.05, 0) is 42.8 Å². The third-order valence-corrected chi connectivity index (χ3v) is 3.95. The number of hydrogen-bond acceptors (Lipinski definition) is 1. The predicted octanol–water partition coefficient (Wildman–Crippen LogP) is 3.66. The highest BCUT2D eigenvalue weighted by atomic mass is 35.5. The van der Waals surface area contributed by atoms with E-state index in [1.807, 2.05) is 31.2 Å². The predicted molar refractivity (Wildman–Crippen MR) is 82.4 cm³/mol. The Morgan fingerprint density at radius 2 is 1.76 bits per heavy atom. The van der Waals surface area contributed by atoms with Gasteiger partial charge in [0, 0.05) is 11.6 Å². The molecule has 0 saturated carbocycles. The molecule has 3 rings (SSSR count). The van der Waals surface area contributed by atoms with Gasteiger partial charge in [-0.2, -0.15) is 0 Å². The smallest absolute Gasteiger partial charge is 0.292 e. The summed E-state index contributed by atoms with van der Waals surface area (Å²) in [5.74, 6) is -0.360. The number of para-hydroxylation sites is 2. The van der Waals surface area contributed by atoms with Crippen LogP contribution in [0.25, 0.3) is 11.0 Å². The molecule has 3 nitrogen and oxygen atoms in total. The summed E-state index contributed by atoms with van der Waals surface area (Å²) in [6, 6.07) is 11.8. The Labute approximate surface area is 126 Å². The second-order valence-corrected chi connectivity index (χ2v) is 5.24. The van der Waals surface area contributed by atoms with Gasteiger partial charge >= 0.3 is 5.69 Å². The van der Waals surface area contributed by atoms with E-state index in [1.165, 1.54) is 18.2 Å². The van der Waals surface area contributed by atoms with Gasteiger partial charge in [0.15, 0.2) is 0 Å². The van der Waals surface area contributed by atoms with Crippen molar-refractivity contribution in [1.29, 1.82) is 0 Å². The number of fused-ring (bicyclic) bond motifs is 1. The van der Waals surface area contributed by atoms with Crippen molar-refractivity contribution in [1.82, 2.24) is 9.13 Å². The van der Waals surface area contributed by atoms with E-state index in [2.05, 4.69) is 0 Å². The highest BCUT2D eigenvalue weighted by Crippen LogP contribution is 2.20. The molecule has 21 heavy (non-hydrogen) atoms. The highest BCUT2D eigenvalue weighted by molar-refractivity contribution is 6.31. The molecule has 0 saturated heterocycles. The van der Waals surface area contributed by atoms with Crippen molar-refractivity contribution in [3.05, 3.63) is 69.4 Å². The van der Waals surface area contributed by atoms with Crippen LogP contribution < -0.4 is 5.69 Å². The molecule has 0 atom stereocenters. The maximum Gasteiger partial charge on any atom is 0.329 e. The van der Waals surface area contributed by atoms with Crippen LogP contribution in [0.1, 0.15) is 12.5 Å². The van der Waals surface area contributed by atoms with E-state index in [1.54, 1.807) is 9.13 Å². The van der Waals surface area contributed by atoms with Crippen molar-refractivity contribution >= 4 is 22.6 Å². The van der Waals surface area contributed by atoms with Gasteiger partial charge in [0.1, 0.15) is 5.82 Å². The van der Waals surface area contributed by atoms with Crippen LogP contribution in [0.4, 0.5) is 4.39 Å². The summed E-state index contributed by atoms with van der Waals surface area (Å²) in [7, 11) is 0. The Bertz CT molecular complexity index is 866. The third kappa shape index (κ3) is 2.36. The molecule has 0 aliphatic carbocycles. The maximum absolute atomic E-state index is 13.4. The van der Waals surface area contributed by atoms with E-state index in [-0.39, 0.29) is 18.1 Å². The zero-order valence-electron chi connectivity index (χ0n) is 11.5. The molecule has 0 spiro atoms. The molecule has 0 unspecified atom stereocenters. The summed E-state index contributed by atoms with van der Waals surface area (Å²) in [5, 5.41) is 0.455. The molecular formula is C16H14ClFN2O. The second-order valence-electron chi connectivity index (χ2n) is 4.84. The van der Waals surface area contributed by atoms with Crippen LogP contribution in [-0.2, 0) is 13.1 Å². The molecule has 0 aliphatic rings. The minimum Gasteiger partial charge on any atom is -0.292 e. The number of benzene rings is 2. The van der Waals surface area contributed by atoms with Crippen LogP contribution in [0.2, 0.25) is 5.02 Å². The zero-order valence-corrected chi connectivity index (χ0v) is 12.3. The molecule has 0 N–H and O–H groups in total. The highest BCUT2D eigenvalue weighted by Gasteiger charge is 2.13. The lowest BCUT2D eigenvalue weighted by atomic mass is 10.2. The van der Waals surface area contributed by atoms with E-state index in [4.69, 9.17) is 11.6 Å². The number of aryl methyl sites for hydroxylation is 1. The van der Waals surface area contributed by atoms with Crippen molar-refractivity contribution in [2.45, 2.75) is 20.0 Å². The van der Waals surface area contributed by atoms with Crippen LogP contribution >= 0.6 is 11.6 Å². The summed E-state index contributed by atoms with van der Waals surface area (Å²) >= 11 is 6.10. The van der Waals surface area contributed by atoms with Crippen LogP contribution in [-0.4, -0.2) is 9.13 Å². The molecule has 1 heterocycles. The van der Waals surface area contributed by atoms with Gasteiger partial charge in [-0.15, -0.1) is 0 Å². The largest absolute Gasteiger partial charge is 0.329 e. The summed E-state index contributed by atoms with van der Waals surface area (Å²) < 4.78 is 16.7.